The van der Waals surface area contributed by atoms with Gasteiger partial charge in [0.1, 0.15) is 29.2 Å². The average molecular weight is 508 g/mol. The Morgan fingerprint density at radius 3 is 2.61 bits per heavy atom. The summed E-state index contributed by atoms with van der Waals surface area (Å²) < 4.78 is 24.0. The van der Waals surface area contributed by atoms with Crippen LogP contribution in [0.2, 0.25) is 18.1 Å². The smallest absolute Gasteiger partial charge is 0.192 e. The van der Waals surface area contributed by atoms with Crippen molar-refractivity contribution in [3.8, 4) is 22.9 Å². The number of H-pyrrole nitrogens is 1. The summed E-state index contributed by atoms with van der Waals surface area (Å²) in [7, 11) is -1.99. The molecule has 3 unspecified atom stereocenters. The maximum Gasteiger partial charge on any atom is 0.192 e. The monoisotopic (exact) mass is 507 g/mol. The van der Waals surface area contributed by atoms with E-state index < -0.39 is 8.32 Å². The van der Waals surface area contributed by atoms with Gasteiger partial charge in [-0.15, -0.1) is 0 Å². The zero-order chi connectivity index (χ0) is 25.7. The number of hydrogen-bond donors (Lipinski definition) is 2. The Labute approximate surface area is 211 Å². The summed E-state index contributed by atoms with van der Waals surface area (Å²) in [5.41, 5.74) is 9.27. The van der Waals surface area contributed by atoms with E-state index in [1.54, 1.807) is 18.3 Å². The van der Waals surface area contributed by atoms with Gasteiger partial charge in [0.25, 0.3) is 0 Å². The molecule has 0 radical (unpaired) electrons. The van der Waals surface area contributed by atoms with Crippen LogP contribution in [0.3, 0.4) is 0 Å². The number of halogens is 1. The topological polar surface area (TPSA) is 108 Å². The number of aromatic amines is 1. The minimum Gasteiger partial charge on any atom is -0.414 e. The molecule has 1 saturated carbocycles. The first-order chi connectivity index (χ1) is 17.0. The third kappa shape index (κ3) is 4.60. The molecular weight excluding hydrogens is 473 g/mol. The second kappa shape index (κ2) is 9.17. The van der Waals surface area contributed by atoms with Gasteiger partial charge in [0.2, 0.25) is 0 Å². The molecule has 4 aromatic rings. The number of hydrogen-bond acceptors (Lipinski definition) is 6. The molecule has 36 heavy (non-hydrogen) atoms. The predicted octanol–water partition coefficient (Wildman–Crippen LogP) is 5.47. The summed E-state index contributed by atoms with van der Waals surface area (Å²) in [5.74, 6) is 0.827. The lowest BCUT2D eigenvalue weighted by Crippen LogP contribution is -2.47. The molecule has 0 amide bonds. The Hall–Kier alpha value is -2.95. The Morgan fingerprint density at radius 2 is 1.92 bits per heavy atom. The lowest BCUT2D eigenvalue weighted by atomic mass is 9.89. The molecule has 0 spiro atoms. The van der Waals surface area contributed by atoms with Gasteiger partial charge in [0.05, 0.1) is 17.3 Å². The van der Waals surface area contributed by atoms with E-state index in [-0.39, 0.29) is 29.0 Å². The number of imidazole rings is 1. The summed E-state index contributed by atoms with van der Waals surface area (Å²) in [6.45, 7) is 11.3. The molecule has 0 bridgehead atoms. The van der Waals surface area contributed by atoms with E-state index in [9.17, 15) is 0 Å². The van der Waals surface area contributed by atoms with Crippen molar-refractivity contribution in [3.05, 3.63) is 48.7 Å². The normalized spacial score (nSPS) is 21.2. The van der Waals surface area contributed by atoms with Crippen molar-refractivity contribution in [2.75, 3.05) is 0 Å². The third-order valence-corrected chi connectivity index (χ3v) is 12.2. The van der Waals surface area contributed by atoms with Gasteiger partial charge in [-0.05, 0) is 55.6 Å². The Morgan fingerprint density at radius 1 is 1.14 bits per heavy atom. The van der Waals surface area contributed by atoms with Crippen molar-refractivity contribution >= 4 is 19.4 Å². The molecule has 3 heterocycles. The van der Waals surface area contributed by atoms with Gasteiger partial charge in [-0.25, -0.2) is 14.4 Å². The second-order valence-corrected chi connectivity index (χ2v) is 16.1. The number of nitrogens with one attached hydrogen (secondary N) is 1. The number of nitrogens with zero attached hydrogens (tertiary/aromatic N) is 5. The summed E-state index contributed by atoms with van der Waals surface area (Å²) in [6, 6.07) is 8.66. The van der Waals surface area contributed by atoms with Crippen LogP contribution >= 0.6 is 0 Å². The Kier molecular flexibility index (Phi) is 6.30. The molecule has 8 nitrogen and oxygen atoms in total. The number of nitrogens with two attached hydrogens (primary N) is 1. The van der Waals surface area contributed by atoms with Gasteiger partial charge in [0.15, 0.2) is 14.1 Å². The SMILES string of the molecule is CC(C)(C)[Si](C)(C)OC1CC(N)CC(n2c(-c3ccccc3F)nc3cnc(-c4ncn[nH]4)cc32)C1. The maximum absolute atomic E-state index is 15.0. The molecule has 1 aliphatic carbocycles. The highest BCUT2D eigenvalue weighted by molar-refractivity contribution is 6.74. The lowest BCUT2D eigenvalue weighted by molar-refractivity contribution is 0.103. The number of pyridine rings is 1. The van der Waals surface area contributed by atoms with Crippen LogP contribution in [0.1, 0.15) is 46.1 Å². The van der Waals surface area contributed by atoms with Crippen molar-refractivity contribution in [3.63, 3.8) is 0 Å². The van der Waals surface area contributed by atoms with Gasteiger partial charge in [-0.3, -0.25) is 10.1 Å². The molecule has 3 aromatic heterocycles. The van der Waals surface area contributed by atoms with Gasteiger partial charge >= 0.3 is 0 Å². The van der Waals surface area contributed by atoms with Gasteiger partial charge in [-0.2, -0.15) is 5.10 Å². The minimum absolute atomic E-state index is 0.00639. The molecule has 3 atom stereocenters. The van der Waals surface area contributed by atoms with Crippen LogP contribution in [0.15, 0.2) is 42.9 Å². The van der Waals surface area contributed by atoms with Crippen LogP contribution in [0.5, 0.6) is 0 Å². The van der Waals surface area contributed by atoms with Crippen LogP contribution in [-0.2, 0) is 4.43 Å². The van der Waals surface area contributed by atoms with Crippen LogP contribution in [0.25, 0.3) is 33.9 Å². The van der Waals surface area contributed by atoms with Gasteiger partial charge in [-0.1, -0.05) is 32.9 Å². The zero-order valence-electron chi connectivity index (χ0n) is 21.5. The van der Waals surface area contributed by atoms with Crippen LogP contribution < -0.4 is 5.73 Å². The summed E-state index contributed by atoms with van der Waals surface area (Å²) in [5, 5.41) is 6.92. The fraction of sp³-hybridized carbons (Fsp3) is 0.462. The highest BCUT2D eigenvalue weighted by Crippen LogP contribution is 2.42. The van der Waals surface area contributed by atoms with E-state index in [1.165, 1.54) is 12.4 Å². The van der Waals surface area contributed by atoms with Gasteiger partial charge in [0, 0.05) is 18.2 Å². The van der Waals surface area contributed by atoms with E-state index in [0.29, 0.717) is 28.4 Å². The zero-order valence-corrected chi connectivity index (χ0v) is 22.5. The van der Waals surface area contributed by atoms with Crippen molar-refractivity contribution in [2.24, 2.45) is 5.73 Å². The first-order valence-corrected chi connectivity index (χ1v) is 15.4. The second-order valence-electron chi connectivity index (χ2n) is 11.3. The van der Waals surface area contributed by atoms with E-state index in [1.807, 2.05) is 12.1 Å². The predicted molar refractivity (Wildman–Crippen MR) is 141 cm³/mol. The molecular formula is C26H34FN7OSi. The molecule has 0 aliphatic heterocycles. The molecule has 3 N–H and O–H groups in total. The molecule has 190 valence electrons. The van der Waals surface area contributed by atoms with E-state index in [2.05, 4.69) is 58.6 Å². The molecule has 10 heteroatoms. The van der Waals surface area contributed by atoms with Crippen LogP contribution in [-0.4, -0.2) is 50.2 Å². The lowest BCUT2D eigenvalue weighted by Gasteiger charge is -2.43. The molecule has 1 aliphatic rings. The van der Waals surface area contributed by atoms with Gasteiger partial charge < -0.3 is 14.7 Å². The summed E-state index contributed by atoms with van der Waals surface area (Å²) in [6.07, 6.45) is 5.54. The van der Waals surface area contributed by atoms with Crippen molar-refractivity contribution in [1.82, 2.24) is 29.7 Å². The van der Waals surface area contributed by atoms with Crippen molar-refractivity contribution in [1.29, 1.82) is 0 Å². The standard InChI is InChI=1S/C26H34FN7OSi/c1-26(2,3)36(4,5)35-18-11-16(28)10-17(12-18)34-23-13-21(24-30-15-31-33-24)29-14-22(23)32-25(34)19-8-6-7-9-20(19)27/h6-9,13-18H,10-12,28H2,1-5H3,(H,30,31,33). The first kappa shape index (κ1) is 24.7. The fourth-order valence-electron chi connectivity index (χ4n) is 4.84. The molecule has 0 saturated heterocycles. The minimum atomic E-state index is -1.99. The highest BCUT2D eigenvalue weighted by Gasteiger charge is 2.41. The quantitative estimate of drug-likeness (QED) is 0.347. The maximum atomic E-state index is 15.0. The number of aromatic nitrogens is 6. The van der Waals surface area contributed by atoms with Crippen molar-refractivity contribution in [2.45, 2.75) is 76.4 Å². The molecule has 1 aromatic carbocycles. The number of rotatable bonds is 5. The first-order valence-electron chi connectivity index (χ1n) is 12.5. The van der Waals surface area contributed by atoms with E-state index >= 15 is 4.39 Å². The fourth-order valence-corrected chi connectivity index (χ4v) is 6.22. The van der Waals surface area contributed by atoms with Crippen LogP contribution in [0, 0.1) is 5.82 Å². The number of benzene rings is 1. The Bertz CT molecular complexity index is 1360. The van der Waals surface area contributed by atoms with E-state index in [0.717, 1.165) is 24.8 Å². The van der Waals surface area contributed by atoms with Crippen LogP contribution in [0.4, 0.5) is 4.39 Å². The Balaban J connectivity index is 1.62. The largest absolute Gasteiger partial charge is 0.414 e. The van der Waals surface area contributed by atoms with E-state index in [4.69, 9.17) is 15.1 Å². The molecule has 1 fully saturated rings. The van der Waals surface area contributed by atoms with Crippen molar-refractivity contribution < 1.29 is 8.82 Å². The average Bonchev–Trinajstić information content (AvgIpc) is 3.45. The third-order valence-electron chi connectivity index (χ3n) is 7.66. The highest BCUT2D eigenvalue weighted by atomic mass is 28.4. The summed E-state index contributed by atoms with van der Waals surface area (Å²) in [4.78, 5) is 13.6. The molecule has 5 rings (SSSR count). The summed E-state index contributed by atoms with van der Waals surface area (Å²) >= 11 is 0. The number of fused-ring (bicyclic) bond motifs is 1.